The third-order valence-corrected chi connectivity index (χ3v) is 3.66. The number of thiophene rings is 1. The normalized spacial score (nSPS) is 12.7. The summed E-state index contributed by atoms with van der Waals surface area (Å²) in [6.45, 7) is 4.20. The van der Waals surface area contributed by atoms with E-state index in [1.807, 2.05) is 0 Å². The van der Waals surface area contributed by atoms with E-state index < -0.39 is 0 Å². The van der Waals surface area contributed by atoms with Gasteiger partial charge in [-0.25, -0.2) is 5.43 Å². The largest absolute Gasteiger partial charge is 0.271 e. The minimum absolute atomic E-state index is 0.0897. The highest BCUT2D eigenvalue weighted by Crippen LogP contribution is 2.26. The first-order chi connectivity index (χ1) is 7.72. The number of benzene rings is 1. The fourth-order valence-electron chi connectivity index (χ4n) is 1.79. The number of hydrogen-bond acceptors (Lipinski definition) is 3. The van der Waals surface area contributed by atoms with E-state index in [-0.39, 0.29) is 6.04 Å². The van der Waals surface area contributed by atoms with Gasteiger partial charge in [-0.05, 0) is 41.3 Å². The van der Waals surface area contributed by atoms with Crippen LogP contribution < -0.4 is 11.3 Å². The first-order valence-electron chi connectivity index (χ1n) is 5.27. The fraction of sp³-hybridized carbons (Fsp3) is 0.231. The van der Waals surface area contributed by atoms with Crippen LogP contribution in [0.15, 0.2) is 35.0 Å². The maximum absolute atomic E-state index is 5.66. The Morgan fingerprint density at radius 1 is 1.12 bits per heavy atom. The van der Waals surface area contributed by atoms with Crippen molar-refractivity contribution in [3.63, 3.8) is 0 Å². The summed E-state index contributed by atoms with van der Waals surface area (Å²) in [6.07, 6.45) is 0. The molecule has 0 bridgehead atoms. The predicted octanol–water partition coefficient (Wildman–Crippen LogP) is 2.92. The summed E-state index contributed by atoms with van der Waals surface area (Å²) in [5.41, 5.74) is 7.90. The van der Waals surface area contributed by atoms with Gasteiger partial charge in [-0.1, -0.05) is 29.8 Å². The fourth-order valence-corrected chi connectivity index (χ4v) is 2.67. The van der Waals surface area contributed by atoms with Gasteiger partial charge < -0.3 is 0 Å². The van der Waals surface area contributed by atoms with Crippen molar-refractivity contribution in [2.45, 2.75) is 19.9 Å². The van der Waals surface area contributed by atoms with Crippen molar-refractivity contribution in [3.05, 3.63) is 57.3 Å². The molecule has 0 saturated heterocycles. The highest BCUT2D eigenvalue weighted by molar-refractivity contribution is 7.08. The van der Waals surface area contributed by atoms with Crippen molar-refractivity contribution in [1.29, 1.82) is 0 Å². The average molecular weight is 232 g/mol. The molecule has 0 aliphatic carbocycles. The summed E-state index contributed by atoms with van der Waals surface area (Å²) in [5.74, 6) is 5.66. The smallest absolute Gasteiger partial charge is 0.0720 e. The maximum atomic E-state index is 5.66. The van der Waals surface area contributed by atoms with E-state index in [1.54, 1.807) is 11.3 Å². The van der Waals surface area contributed by atoms with Crippen LogP contribution in [0.1, 0.15) is 28.3 Å². The van der Waals surface area contributed by atoms with Crippen LogP contribution in [0.4, 0.5) is 0 Å². The van der Waals surface area contributed by atoms with E-state index >= 15 is 0 Å². The van der Waals surface area contributed by atoms with Crippen LogP contribution in [0, 0.1) is 13.8 Å². The number of hydrazine groups is 1. The minimum Gasteiger partial charge on any atom is -0.271 e. The summed E-state index contributed by atoms with van der Waals surface area (Å²) < 4.78 is 0. The first-order valence-corrected chi connectivity index (χ1v) is 6.22. The van der Waals surface area contributed by atoms with Gasteiger partial charge in [0.2, 0.25) is 0 Å². The van der Waals surface area contributed by atoms with Crippen LogP contribution in [0.2, 0.25) is 0 Å². The maximum Gasteiger partial charge on any atom is 0.0720 e. The van der Waals surface area contributed by atoms with Crippen molar-refractivity contribution >= 4 is 11.3 Å². The lowest BCUT2D eigenvalue weighted by atomic mass is 9.98. The second-order valence-corrected chi connectivity index (χ2v) is 4.76. The van der Waals surface area contributed by atoms with Crippen LogP contribution in [0.25, 0.3) is 0 Å². The second-order valence-electron chi connectivity index (χ2n) is 4.02. The van der Waals surface area contributed by atoms with Crippen molar-refractivity contribution in [2.75, 3.05) is 0 Å². The van der Waals surface area contributed by atoms with Gasteiger partial charge in [-0.2, -0.15) is 11.3 Å². The Morgan fingerprint density at radius 2 is 1.81 bits per heavy atom. The molecule has 1 atom stereocenters. The highest BCUT2D eigenvalue weighted by atomic mass is 32.1. The van der Waals surface area contributed by atoms with Crippen LogP contribution in [-0.4, -0.2) is 0 Å². The van der Waals surface area contributed by atoms with Crippen LogP contribution in [0.3, 0.4) is 0 Å². The third kappa shape index (κ3) is 2.16. The molecule has 16 heavy (non-hydrogen) atoms. The van der Waals surface area contributed by atoms with Crippen molar-refractivity contribution in [2.24, 2.45) is 5.84 Å². The van der Waals surface area contributed by atoms with Crippen molar-refractivity contribution in [1.82, 2.24) is 5.43 Å². The van der Waals surface area contributed by atoms with Gasteiger partial charge in [0.25, 0.3) is 0 Å². The lowest BCUT2D eigenvalue weighted by Gasteiger charge is -2.16. The van der Waals surface area contributed by atoms with E-state index in [4.69, 9.17) is 5.84 Å². The molecule has 0 spiro atoms. The van der Waals surface area contributed by atoms with E-state index in [1.165, 1.54) is 22.3 Å². The zero-order chi connectivity index (χ0) is 11.5. The van der Waals surface area contributed by atoms with Crippen molar-refractivity contribution in [3.8, 4) is 0 Å². The van der Waals surface area contributed by atoms with Gasteiger partial charge in [0.05, 0.1) is 6.04 Å². The van der Waals surface area contributed by atoms with Gasteiger partial charge in [-0.3, -0.25) is 5.84 Å². The lowest BCUT2D eigenvalue weighted by molar-refractivity contribution is 0.636. The molecular formula is C13H16N2S. The minimum atomic E-state index is 0.0897. The van der Waals surface area contributed by atoms with Crippen LogP contribution in [0.5, 0.6) is 0 Å². The Morgan fingerprint density at radius 3 is 2.31 bits per heavy atom. The Kier molecular flexibility index (Phi) is 3.39. The molecule has 0 radical (unpaired) electrons. The van der Waals surface area contributed by atoms with E-state index in [0.717, 1.165) is 0 Å². The summed E-state index contributed by atoms with van der Waals surface area (Å²) in [6, 6.07) is 8.56. The molecular weight excluding hydrogens is 216 g/mol. The Bertz CT molecular complexity index is 459. The summed E-state index contributed by atoms with van der Waals surface area (Å²) in [7, 11) is 0. The van der Waals surface area contributed by atoms with Gasteiger partial charge in [0.15, 0.2) is 0 Å². The van der Waals surface area contributed by atoms with E-state index in [2.05, 4.69) is 54.3 Å². The Labute approximate surface area is 100 Å². The molecule has 0 amide bonds. The Hall–Kier alpha value is -1.16. The van der Waals surface area contributed by atoms with Crippen LogP contribution in [-0.2, 0) is 0 Å². The molecule has 1 unspecified atom stereocenters. The molecule has 2 aromatic rings. The summed E-state index contributed by atoms with van der Waals surface area (Å²) >= 11 is 1.71. The molecule has 2 rings (SSSR count). The zero-order valence-corrected chi connectivity index (χ0v) is 10.3. The molecule has 1 aromatic carbocycles. The zero-order valence-electron chi connectivity index (χ0n) is 9.53. The first kappa shape index (κ1) is 11.3. The number of nitrogens with two attached hydrogens (primary N) is 1. The molecule has 0 aliphatic rings. The molecule has 0 aliphatic heterocycles. The number of rotatable bonds is 3. The van der Waals surface area contributed by atoms with Crippen molar-refractivity contribution < 1.29 is 0 Å². The average Bonchev–Trinajstić information content (AvgIpc) is 2.69. The predicted molar refractivity (Wildman–Crippen MR) is 69.4 cm³/mol. The quantitative estimate of drug-likeness (QED) is 0.631. The van der Waals surface area contributed by atoms with E-state index in [0.29, 0.717) is 0 Å². The summed E-state index contributed by atoms with van der Waals surface area (Å²) in [5, 5.41) is 4.30. The third-order valence-electron chi connectivity index (χ3n) is 2.78. The molecule has 0 fully saturated rings. The van der Waals surface area contributed by atoms with Gasteiger partial charge in [0, 0.05) is 0 Å². The molecule has 1 aromatic heterocycles. The number of nitrogens with one attached hydrogen (secondary N) is 1. The van der Waals surface area contributed by atoms with Gasteiger partial charge >= 0.3 is 0 Å². The monoisotopic (exact) mass is 232 g/mol. The molecule has 2 nitrogen and oxygen atoms in total. The molecule has 1 heterocycles. The SMILES string of the molecule is Cc1ccc(C(NN)c2cscc2C)cc1. The van der Waals surface area contributed by atoms with Gasteiger partial charge in [0.1, 0.15) is 0 Å². The summed E-state index contributed by atoms with van der Waals surface area (Å²) in [4.78, 5) is 0. The lowest BCUT2D eigenvalue weighted by Crippen LogP contribution is -2.28. The topological polar surface area (TPSA) is 38.0 Å². The Balaban J connectivity index is 2.37. The second kappa shape index (κ2) is 4.78. The van der Waals surface area contributed by atoms with E-state index in [9.17, 15) is 0 Å². The number of hydrogen-bond donors (Lipinski definition) is 2. The standard InChI is InChI=1S/C13H16N2S/c1-9-3-5-11(6-4-9)13(15-14)12-8-16-7-10(12)2/h3-8,13,15H,14H2,1-2H3. The van der Waals surface area contributed by atoms with Gasteiger partial charge in [-0.15, -0.1) is 0 Å². The highest BCUT2D eigenvalue weighted by Gasteiger charge is 2.14. The van der Waals surface area contributed by atoms with Crippen LogP contribution >= 0.6 is 11.3 Å². The number of aryl methyl sites for hydroxylation is 2. The molecule has 0 saturated carbocycles. The molecule has 3 heteroatoms. The molecule has 84 valence electrons. The molecule has 3 N–H and O–H groups in total.